The van der Waals surface area contributed by atoms with Gasteiger partial charge in [0.15, 0.2) is 5.82 Å². The lowest BCUT2D eigenvalue weighted by molar-refractivity contribution is 0.0715. The van der Waals surface area contributed by atoms with E-state index in [-0.39, 0.29) is 6.04 Å². The minimum Gasteiger partial charge on any atom is -0.338 e. The first kappa shape index (κ1) is 15.8. The number of aromatic nitrogens is 4. The molecule has 2 aromatic rings. The molecule has 1 aliphatic carbocycles. The molecule has 1 saturated heterocycles. The number of rotatable bonds is 5. The highest BCUT2D eigenvalue weighted by Crippen LogP contribution is 2.39. The smallest absolute Gasteiger partial charge is 0.243 e. The highest BCUT2D eigenvalue weighted by molar-refractivity contribution is 5.07. The molecular weight excluding hydrogens is 302 g/mol. The zero-order chi connectivity index (χ0) is 16.7. The molecule has 6 heteroatoms. The Labute approximate surface area is 143 Å². The summed E-state index contributed by atoms with van der Waals surface area (Å²) < 4.78 is 7.73. The van der Waals surface area contributed by atoms with Gasteiger partial charge in [-0.15, -0.1) is 0 Å². The summed E-state index contributed by atoms with van der Waals surface area (Å²) in [6, 6.07) is 2.80. The van der Waals surface area contributed by atoms with Gasteiger partial charge in [-0.05, 0) is 59.1 Å². The highest BCUT2D eigenvalue weighted by Gasteiger charge is 2.33. The summed E-state index contributed by atoms with van der Waals surface area (Å²) in [5, 5.41) is 8.84. The van der Waals surface area contributed by atoms with Crippen molar-refractivity contribution in [2.75, 3.05) is 6.54 Å². The van der Waals surface area contributed by atoms with Crippen molar-refractivity contribution in [2.45, 2.75) is 77.4 Å². The second-order valence-corrected chi connectivity index (χ2v) is 7.44. The van der Waals surface area contributed by atoms with Gasteiger partial charge in [-0.1, -0.05) is 11.6 Å². The predicted octanol–water partition coefficient (Wildman–Crippen LogP) is 3.38. The van der Waals surface area contributed by atoms with Gasteiger partial charge in [-0.3, -0.25) is 9.58 Å². The van der Waals surface area contributed by atoms with Crippen molar-refractivity contribution in [2.24, 2.45) is 0 Å². The third-order valence-electron chi connectivity index (χ3n) is 5.41. The third kappa shape index (κ3) is 3.11. The van der Waals surface area contributed by atoms with Gasteiger partial charge in [0.25, 0.3) is 0 Å². The summed E-state index contributed by atoms with van der Waals surface area (Å²) in [6.07, 6.45) is 6.13. The molecule has 0 radical (unpaired) electrons. The van der Waals surface area contributed by atoms with E-state index in [1.165, 1.54) is 37.8 Å². The van der Waals surface area contributed by atoms with Gasteiger partial charge in [0.1, 0.15) is 0 Å². The normalized spacial score (nSPS) is 23.5. The van der Waals surface area contributed by atoms with Crippen LogP contribution in [-0.2, 0) is 6.54 Å². The largest absolute Gasteiger partial charge is 0.338 e. The van der Waals surface area contributed by atoms with Crippen LogP contribution in [0.1, 0.15) is 74.1 Å². The molecule has 2 aliphatic rings. The lowest BCUT2D eigenvalue weighted by atomic mass is 10.00. The summed E-state index contributed by atoms with van der Waals surface area (Å²) in [6.45, 7) is 8.42. The van der Waals surface area contributed by atoms with Gasteiger partial charge in [-0.25, -0.2) is 0 Å². The molecule has 3 heterocycles. The molecular formula is C18H27N5O. The second-order valence-electron chi connectivity index (χ2n) is 7.44. The molecule has 2 unspecified atom stereocenters. The van der Waals surface area contributed by atoms with Crippen molar-refractivity contribution in [3.8, 4) is 0 Å². The Morgan fingerprint density at radius 1 is 1.25 bits per heavy atom. The first-order valence-electron chi connectivity index (χ1n) is 9.22. The lowest BCUT2D eigenvalue weighted by Crippen LogP contribution is -2.43. The van der Waals surface area contributed by atoms with Gasteiger partial charge in [0.2, 0.25) is 5.89 Å². The maximum absolute atomic E-state index is 5.58. The predicted molar refractivity (Wildman–Crippen MR) is 90.7 cm³/mol. The van der Waals surface area contributed by atoms with Gasteiger partial charge in [-0.2, -0.15) is 10.1 Å². The molecule has 2 atom stereocenters. The average molecular weight is 329 g/mol. The van der Waals surface area contributed by atoms with Crippen molar-refractivity contribution >= 4 is 0 Å². The Kier molecular flexibility index (Phi) is 4.16. The molecule has 2 aromatic heterocycles. The number of nitrogens with zero attached hydrogens (tertiary/aromatic N) is 5. The molecule has 0 aromatic carbocycles. The van der Waals surface area contributed by atoms with Crippen LogP contribution in [0.25, 0.3) is 0 Å². The molecule has 0 amide bonds. The molecule has 0 spiro atoms. The molecule has 0 bridgehead atoms. The van der Waals surface area contributed by atoms with Crippen LogP contribution in [0.5, 0.6) is 0 Å². The van der Waals surface area contributed by atoms with E-state index in [1.54, 1.807) is 0 Å². The fraction of sp³-hybridized carbons (Fsp3) is 0.722. The SMILES string of the molecule is Cc1cc(C)n(CC2CCCCN2C(C)c2nc(C3CC3)no2)n1. The van der Waals surface area contributed by atoms with E-state index >= 15 is 0 Å². The van der Waals surface area contributed by atoms with E-state index in [9.17, 15) is 0 Å². The standard InChI is InChI=1S/C18H27N5O/c1-12-10-13(2)23(20-12)11-16-6-4-5-9-22(16)14(3)18-19-17(21-24-18)15-7-8-15/h10,14-16H,4-9,11H2,1-3H3. The fourth-order valence-electron chi connectivity index (χ4n) is 3.85. The van der Waals surface area contributed by atoms with Crippen LogP contribution in [0, 0.1) is 13.8 Å². The fourth-order valence-corrected chi connectivity index (χ4v) is 3.85. The highest BCUT2D eigenvalue weighted by atomic mass is 16.5. The number of hydrogen-bond acceptors (Lipinski definition) is 5. The third-order valence-corrected chi connectivity index (χ3v) is 5.41. The van der Waals surface area contributed by atoms with E-state index in [1.807, 2.05) is 0 Å². The minimum absolute atomic E-state index is 0.173. The van der Waals surface area contributed by atoms with Crippen LogP contribution < -0.4 is 0 Å². The molecule has 1 saturated carbocycles. The Morgan fingerprint density at radius 2 is 2.08 bits per heavy atom. The summed E-state index contributed by atoms with van der Waals surface area (Å²) in [7, 11) is 0. The number of hydrogen-bond donors (Lipinski definition) is 0. The van der Waals surface area contributed by atoms with Crippen molar-refractivity contribution < 1.29 is 4.52 Å². The van der Waals surface area contributed by atoms with Crippen molar-refractivity contribution in [1.82, 2.24) is 24.8 Å². The average Bonchev–Trinajstić information content (AvgIpc) is 3.22. The van der Waals surface area contributed by atoms with Crippen LogP contribution in [0.2, 0.25) is 0 Å². The Balaban J connectivity index is 1.50. The Bertz CT molecular complexity index is 702. The van der Waals surface area contributed by atoms with Crippen LogP contribution in [-0.4, -0.2) is 37.4 Å². The van der Waals surface area contributed by atoms with Crippen LogP contribution in [0.15, 0.2) is 10.6 Å². The maximum Gasteiger partial charge on any atom is 0.243 e. The van der Waals surface area contributed by atoms with Gasteiger partial charge in [0, 0.05) is 17.7 Å². The first-order valence-corrected chi connectivity index (χ1v) is 9.22. The van der Waals surface area contributed by atoms with Crippen molar-refractivity contribution in [3.05, 3.63) is 29.2 Å². The van der Waals surface area contributed by atoms with Crippen LogP contribution in [0.3, 0.4) is 0 Å². The topological polar surface area (TPSA) is 60.0 Å². The molecule has 24 heavy (non-hydrogen) atoms. The lowest BCUT2D eigenvalue weighted by Gasteiger charge is -2.38. The van der Waals surface area contributed by atoms with Gasteiger partial charge in [0.05, 0.1) is 18.3 Å². The number of likely N-dealkylation sites (tertiary alicyclic amines) is 1. The van der Waals surface area contributed by atoms with Crippen LogP contribution >= 0.6 is 0 Å². The maximum atomic E-state index is 5.58. The van der Waals surface area contributed by atoms with E-state index in [0.717, 1.165) is 30.5 Å². The van der Waals surface area contributed by atoms with Crippen LogP contribution in [0.4, 0.5) is 0 Å². The van der Waals surface area contributed by atoms with E-state index in [4.69, 9.17) is 4.52 Å². The number of aryl methyl sites for hydroxylation is 2. The van der Waals surface area contributed by atoms with E-state index in [0.29, 0.717) is 12.0 Å². The quantitative estimate of drug-likeness (QED) is 0.841. The zero-order valence-corrected chi connectivity index (χ0v) is 14.9. The zero-order valence-electron chi connectivity index (χ0n) is 14.9. The Morgan fingerprint density at radius 3 is 2.79 bits per heavy atom. The molecule has 130 valence electrons. The summed E-state index contributed by atoms with van der Waals surface area (Å²) in [5.41, 5.74) is 2.33. The summed E-state index contributed by atoms with van der Waals surface area (Å²) in [5.74, 6) is 2.22. The Hall–Kier alpha value is -1.69. The first-order chi connectivity index (χ1) is 11.6. The van der Waals surface area contributed by atoms with Gasteiger partial charge < -0.3 is 4.52 Å². The van der Waals surface area contributed by atoms with Crippen molar-refractivity contribution in [1.29, 1.82) is 0 Å². The molecule has 1 aliphatic heterocycles. The van der Waals surface area contributed by atoms with E-state index in [2.05, 4.69) is 51.7 Å². The minimum atomic E-state index is 0.173. The molecule has 0 N–H and O–H groups in total. The van der Waals surface area contributed by atoms with E-state index < -0.39 is 0 Å². The summed E-state index contributed by atoms with van der Waals surface area (Å²) >= 11 is 0. The monoisotopic (exact) mass is 329 g/mol. The van der Waals surface area contributed by atoms with Crippen molar-refractivity contribution in [3.63, 3.8) is 0 Å². The molecule has 2 fully saturated rings. The molecule has 6 nitrogen and oxygen atoms in total. The molecule has 4 rings (SSSR count). The second kappa shape index (κ2) is 6.31. The number of piperidine rings is 1. The summed E-state index contributed by atoms with van der Waals surface area (Å²) in [4.78, 5) is 7.20. The van der Waals surface area contributed by atoms with Gasteiger partial charge >= 0.3 is 0 Å².